The second-order valence-corrected chi connectivity index (χ2v) is 9.01. The summed E-state index contributed by atoms with van der Waals surface area (Å²) in [7, 11) is 0. The third-order valence-corrected chi connectivity index (χ3v) is 6.35. The van der Waals surface area contributed by atoms with Crippen molar-refractivity contribution in [2.24, 2.45) is 0 Å². The van der Waals surface area contributed by atoms with Gasteiger partial charge in [0.2, 0.25) is 0 Å². The molecule has 0 atom stereocenters. The third-order valence-electron chi connectivity index (χ3n) is 6.11. The maximum atomic E-state index is 13.3. The molecule has 4 bridgehead atoms. The van der Waals surface area contributed by atoms with Crippen molar-refractivity contribution in [3.63, 3.8) is 0 Å². The van der Waals surface area contributed by atoms with Crippen molar-refractivity contribution in [2.45, 2.75) is 19.9 Å². The summed E-state index contributed by atoms with van der Waals surface area (Å²) < 4.78 is 8.25. The van der Waals surface area contributed by atoms with Gasteiger partial charge < -0.3 is 14.6 Å². The van der Waals surface area contributed by atoms with Gasteiger partial charge in [-0.25, -0.2) is 4.98 Å². The highest BCUT2D eigenvalue weighted by Gasteiger charge is 2.16. The van der Waals surface area contributed by atoms with Gasteiger partial charge in [0, 0.05) is 36.4 Å². The molecule has 0 spiro atoms. The van der Waals surface area contributed by atoms with Crippen LogP contribution in [0.15, 0.2) is 66.9 Å². The second-order valence-electron chi connectivity index (χ2n) is 8.57. The molecule has 1 aromatic heterocycles. The molecule has 1 aliphatic rings. The van der Waals surface area contributed by atoms with Crippen LogP contribution in [0.4, 0.5) is 0 Å². The Bertz CT molecular complexity index is 1530. The smallest absolute Gasteiger partial charge is 0.252 e. The number of fused-ring (bicyclic) bond motifs is 5. The molecule has 2 heterocycles. The summed E-state index contributed by atoms with van der Waals surface area (Å²) in [4.78, 5) is 17.7. The first-order valence-corrected chi connectivity index (χ1v) is 12.0. The van der Waals surface area contributed by atoms with Crippen LogP contribution < -0.4 is 10.1 Å². The number of imidazole rings is 1. The molecule has 1 aliphatic heterocycles. The number of amides is 1. The molecule has 36 heavy (non-hydrogen) atoms. The lowest BCUT2D eigenvalue weighted by atomic mass is 10.0. The number of aryl methyl sites for hydroxylation is 1. The first kappa shape index (κ1) is 23.4. The van der Waals surface area contributed by atoms with E-state index in [9.17, 15) is 10.1 Å². The molecule has 1 amide bonds. The minimum absolute atomic E-state index is 0.208. The first-order valence-electron chi connectivity index (χ1n) is 11.6. The van der Waals surface area contributed by atoms with Gasteiger partial charge in [-0.1, -0.05) is 48.0 Å². The normalized spacial score (nSPS) is 13.3. The van der Waals surface area contributed by atoms with Crippen LogP contribution in [-0.4, -0.2) is 22.0 Å². The van der Waals surface area contributed by atoms with Gasteiger partial charge >= 0.3 is 0 Å². The molecule has 0 saturated carbocycles. The first-order chi connectivity index (χ1) is 17.5. The number of halogens is 1. The standard InChI is InChI=1S/C29H23ClN4O2/c1-19-33-17-25-11-12-32-29(35)27-15-26(10-9-22(27)7-5-20-3-2-4-24(30)13-20)36-28-14-21(18-34(19)25)6-8-23(28)16-31/h2-10,13-15,17H,11-12,18H2,1H3,(H,32,35)/b7-5+. The Hall–Kier alpha value is -4.34. The van der Waals surface area contributed by atoms with E-state index in [4.69, 9.17) is 16.3 Å². The topological polar surface area (TPSA) is 79.9 Å². The maximum Gasteiger partial charge on any atom is 0.252 e. The van der Waals surface area contributed by atoms with E-state index in [1.54, 1.807) is 18.2 Å². The van der Waals surface area contributed by atoms with Gasteiger partial charge in [-0.3, -0.25) is 4.79 Å². The van der Waals surface area contributed by atoms with E-state index in [1.165, 1.54) is 0 Å². The van der Waals surface area contributed by atoms with Crippen molar-refractivity contribution >= 4 is 29.7 Å². The zero-order valence-corrected chi connectivity index (χ0v) is 20.4. The molecule has 0 unspecified atom stereocenters. The number of hydrogen-bond donors (Lipinski definition) is 1. The van der Waals surface area contributed by atoms with E-state index >= 15 is 0 Å². The van der Waals surface area contributed by atoms with Gasteiger partial charge in [0.05, 0.1) is 11.1 Å². The molecule has 0 aliphatic carbocycles. The van der Waals surface area contributed by atoms with E-state index in [0.29, 0.717) is 47.2 Å². The molecule has 0 saturated heterocycles. The van der Waals surface area contributed by atoms with Crippen LogP contribution in [0.3, 0.4) is 0 Å². The number of nitrogens with one attached hydrogen (secondary N) is 1. The third kappa shape index (κ3) is 5.02. The fourth-order valence-corrected chi connectivity index (χ4v) is 4.42. The zero-order valence-electron chi connectivity index (χ0n) is 19.7. The summed E-state index contributed by atoms with van der Waals surface area (Å²) in [6.45, 7) is 3.01. The van der Waals surface area contributed by atoms with Gasteiger partial charge in [0.25, 0.3) is 5.91 Å². The number of aromatic nitrogens is 2. The SMILES string of the molecule is Cc1ncc2n1Cc1ccc(C#N)c(c1)Oc1ccc(/C=C/c3cccc(Cl)c3)c(c1)C(=O)NCC2. The average molecular weight is 495 g/mol. The summed E-state index contributed by atoms with van der Waals surface area (Å²) in [5.41, 5.74) is 4.57. The van der Waals surface area contributed by atoms with Crippen molar-refractivity contribution in [2.75, 3.05) is 6.54 Å². The van der Waals surface area contributed by atoms with Crippen LogP contribution in [0.5, 0.6) is 11.5 Å². The van der Waals surface area contributed by atoms with Crippen LogP contribution in [-0.2, 0) is 13.0 Å². The van der Waals surface area contributed by atoms with Crippen molar-refractivity contribution in [3.8, 4) is 17.6 Å². The Kier molecular flexibility index (Phi) is 6.57. The van der Waals surface area contributed by atoms with Crippen molar-refractivity contribution in [1.82, 2.24) is 14.9 Å². The molecular weight excluding hydrogens is 472 g/mol. The number of rotatable bonds is 2. The number of hydrogen-bond acceptors (Lipinski definition) is 4. The quantitative estimate of drug-likeness (QED) is 0.346. The fraction of sp³-hybridized carbons (Fsp3) is 0.138. The average Bonchev–Trinajstić information content (AvgIpc) is 3.21. The molecule has 5 rings (SSSR count). The number of carbonyl (C=O) groups is 1. The molecule has 1 N–H and O–H groups in total. The Morgan fingerprint density at radius 1 is 1.14 bits per heavy atom. The zero-order chi connectivity index (χ0) is 25.1. The van der Waals surface area contributed by atoms with Crippen molar-refractivity contribution < 1.29 is 9.53 Å². The minimum Gasteiger partial charge on any atom is -0.456 e. The maximum absolute atomic E-state index is 13.3. The highest BCUT2D eigenvalue weighted by Crippen LogP contribution is 2.29. The van der Waals surface area contributed by atoms with E-state index in [0.717, 1.165) is 28.2 Å². The molecule has 0 fully saturated rings. The highest BCUT2D eigenvalue weighted by atomic mass is 35.5. The summed E-state index contributed by atoms with van der Waals surface area (Å²) in [6, 6.07) is 20.6. The highest BCUT2D eigenvalue weighted by molar-refractivity contribution is 6.30. The predicted octanol–water partition coefficient (Wildman–Crippen LogP) is 6.01. The van der Waals surface area contributed by atoms with Gasteiger partial charge in [-0.05, 0) is 60.0 Å². The van der Waals surface area contributed by atoms with Crippen LogP contribution in [0.25, 0.3) is 12.2 Å². The fourth-order valence-electron chi connectivity index (χ4n) is 4.22. The molecule has 6 nitrogen and oxygen atoms in total. The number of carbonyl (C=O) groups excluding carboxylic acids is 1. The van der Waals surface area contributed by atoms with Crippen LogP contribution in [0.2, 0.25) is 5.02 Å². The van der Waals surface area contributed by atoms with E-state index in [-0.39, 0.29) is 5.91 Å². The van der Waals surface area contributed by atoms with Gasteiger partial charge in [-0.2, -0.15) is 5.26 Å². The molecular formula is C29H23ClN4O2. The Labute approximate surface area is 214 Å². The monoisotopic (exact) mass is 494 g/mol. The van der Waals surface area contributed by atoms with E-state index < -0.39 is 0 Å². The number of ether oxygens (including phenoxy) is 1. The van der Waals surface area contributed by atoms with Crippen molar-refractivity contribution in [1.29, 1.82) is 5.26 Å². The number of nitrogens with zero attached hydrogens (tertiary/aromatic N) is 3. The molecule has 3 aromatic carbocycles. The van der Waals surface area contributed by atoms with E-state index in [1.807, 2.05) is 67.7 Å². The molecule has 178 valence electrons. The Balaban J connectivity index is 1.57. The number of benzene rings is 3. The summed E-state index contributed by atoms with van der Waals surface area (Å²) in [6.07, 6.45) is 6.27. The largest absolute Gasteiger partial charge is 0.456 e. The van der Waals surface area contributed by atoms with E-state index in [2.05, 4.69) is 20.9 Å². The molecule has 4 aromatic rings. The lowest BCUT2D eigenvalue weighted by Crippen LogP contribution is -2.27. The Morgan fingerprint density at radius 3 is 2.86 bits per heavy atom. The van der Waals surface area contributed by atoms with Gasteiger partial charge in [0.1, 0.15) is 23.4 Å². The van der Waals surface area contributed by atoms with Crippen molar-refractivity contribution in [3.05, 3.63) is 111 Å². The Morgan fingerprint density at radius 2 is 2.03 bits per heavy atom. The molecule has 7 heteroatoms. The summed E-state index contributed by atoms with van der Waals surface area (Å²) in [5, 5.41) is 13.3. The van der Waals surface area contributed by atoms with Gasteiger partial charge in [-0.15, -0.1) is 0 Å². The summed E-state index contributed by atoms with van der Waals surface area (Å²) in [5.74, 6) is 1.60. The summed E-state index contributed by atoms with van der Waals surface area (Å²) >= 11 is 6.11. The lowest BCUT2D eigenvalue weighted by Gasteiger charge is -2.16. The van der Waals surface area contributed by atoms with Crippen LogP contribution in [0, 0.1) is 18.3 Å². The van der Waals surface area contributed by atoms with Gasteiger partial charge in [0.15, 0.2) is 0 Å². The predicted molar refractivity (Wildman–Crippen MR) is 140 cm³/mol. The number of nitriles is 1. The minimum atomic E-state index is -0.208. The van der Waals surface area contributed by atoms with Crippen LogP contribution in [0.1, 0.15) is 44.1 Å². The second kappa shape index (κ2) is 10.1. The molecule has 0 radical (unpaired) electrons. The van der Waals surface area contributed by atoms with Crippen LogP contribution >= 0.6 is 11.6 Å². The lowest BCUT2D eigenvalue weighted by molar-refractivity contribution is 0.0953.